The largest absolute Gasteiger partial charge is 0.353 e. The van der Waals surface area contributed by atoms with Gasteiger partial charge >= 0.3 is 0 Å². The lowest BCUT2D eigenvalue weighted by molar-refractivity contribution is -0.117. The van der Waals surface area contributed by atoms with Crippen LogP contribution in [0.1, 0.15) is 17.9 Å². The summed E-state index contributed by atoms with van der Waals surface area (Å²) in [6.07, 6.45) is 0. The smallest absolute Gasteiger partial charge is 0.241 e. The Bertz CT molecular complexity index is 1230. The number of hydrogen-bond acceptors (Lipinski definition) is 2. The minimum absolute atomic E-state index is 0.0444. The average molecular weight is 453 g/mol. The molecule has 3 aromatic carbocycles. The first-order chi connectivity index (χ1) is 14.6. The van der Waals surface area contributed by atoms with Crippen molar-refractivity contribution in [1.82, 2.24) is 4.98 Å². The van der Waals surface area contributed by atoms with Crippen molar-refractivity contribution < 1.29 is 4.79 Å². The summed E-state index contributed by atoms with van der Waals surface area (Å²) in [7, 11) is 0. The van der Waals surface area contributed by atoms with E-state index in [4.69, 9.17) is 23.2 Å². The summed E-state index contributed by atoms with van der Waals surface area (Å²) in [6.45, 7) is 1.93. The molecular weight excluding hydrogens is 435 g/mol. The molecule has 1 saturated heterocycles. The first-order valence-corrected chi connectivity index (χ1v) is 11.3. The molecule has 1 aliphatic heterocycles. The van der Waals surface area contributed by atoms with Gasteiger partial charge in [-0.05, 0) is 25.1 Å². The van der Waals surface area contributed by atoms with Crippen molar-refractivity contribution in [3.05, 3.63) is 88.4 Å². The first kappa shape index (κ1) is 19.6. The molecule has 1 N–H and O–H groups in total. The minimum atomic E-state index is -0.310. The second-order valence-corrected chi connectivity index (χ2v) is 9.47. The van der Waals surface area contributed by atoms with Crippen LogP contribution in [0.3, 0.4) is 0 Å². The van der Waals surface area contributed by atoms with E-state index in [1.54, 1.807) is 11.8 Å². The third kappa shape index (κ3) is 3.11. The number of benzene rings is 3. The number of nitrogens with zero attached hydrogens (tertiary/aromatic N) is 1. The zero-order valence-electron chi connectivity index (χ0n) is 16.1. The van der Waals surface area contributed by atoms with Crippen LogP contribution in [0.4, 0.5) is 5.69 Å². The molecule has 1 aromatic heterocycles. The van der Waals surface area contributed by atoms with Gasteiger partial charge in [0, 0.05) is 32.1 Å². The van der Waals surface area contributed by atoms with Gasteiger partial charge in [0.05, 0.1) is 16.6 Å². The molecule has 1 amide bonds. The number of H-pyrrole nitrogens is 1. The highest BCUT2D eigenvalue weighted by Gasteiger charge is 2.43. The van der Waals surface area contributed by atoms with Gasteiger partial charge in [0.2, 0.25) is 5.91 Å². The lowest BCUT2D eigenvalue weighted by Crippen LogP contribution is -2.30. The molecule has 0 aliphatic carbocycles. The summed E-state index contributed by atoms with van der Waals surface area (Å²) >= 11 is 14.7. The Morgan fingerprint density at radius 1 is 0.900 bits per heavy atom. The number of halogens is 2. The van der Waals surface area contributed by atoms with E-state index in [-0.39, 0.29) is 16.5 Å². The lowest BCUT2D eigenvalue weighted by atomic mass is 10.1. The molecule has 0 saturated carbocycles. The number of nitrogens with one attached hydrogen (secondary N) is 1. The Morgan fingerprint density at radius 3 is 2.30 bits per heavy atom. The second-order valence-electron chi connectivity index (χ2n) is 7.23. The summed E-state index contributed by atoms with van der Waals surface area (Å²) in [5.41, 5.74) is 4.54. The highest BCUT2D eigenvalue weighted by molar-refractivity contribution is 8.01. The molecule has 3 nitrogen and oxygen atoms in total. The monoisotopic (exact) mass is 452 g/mol. The van der Waals surface area contributed by atoms with Crippen molar-refractivity contribution in [2.75, 3.05) is 4.90 Å². The number of thioether (sulfide) groups is 1. The zero-order valence-corrected chi connectivity index (χ0v) is 18.4. The van der Waals surface area contributed by atoms with Crippen LogP contribution < -0.4 is 4.90 Å². The van der Waals surface area contributed by atoms with Gasteiger partial charge in [-0.3, -0.25) is 9.69 Å². The van der Waals surface area contributed by atoms with Crippen molar-refractivity contribution in [2.45, 2.75) is 17.5 Å². The fourth-order valence-electron chi connectivity index (χ4n) is 3.99. The third-order valence-corrected chi connectivity index (χ3v) is 7.35. The van der Waals surface area contributed by atoms with E-state index in [0.29, 0.717) is 10.0 Å². The standard InChI is InChI=1S/C24H18Cl2N2OS/c1-14-23(29)28(24(30-14)20-17(25)11-7-12-18(20)26)22-16-10-5-6-13-19(16)27-21(22)15-8-3-2-4-9-15/h2-14,24,27H,1H3. The Balaban J connectivity index is 1.78. The second kappa shape index (κ2) is 7.69. The minimum Gasteiger partial charge on any atom is -0.353 e. The number of fused-ring (bicyclic) bond motifs is 1. The van der Waals surface area contributed by atoms with E-state index in [1.807, 2.05) is 84.6 Å². The third-order valence-electron chi connectivity index (χ3n) is 5.38. The number of carbonyl (C=O) groups is 1. The summed E-state index contributed by atoms with van der Waals surface area (Å²) in [4.78, 5) is 18.8. The van der Waals surface area contributed by atoms with Crippen LogP contribution in [-0.4, -0.2) is 16.1 Å². The van der Waals surface area contributed by atoms with Gasteiger partial charge < -0.3 is 4.98 Å². The van der Waals surface area contributed by atoms with Crippen LogP contribution in [0.15, 0.2) is 72.8 Å². The fourth-order valence-corrected chi connectivity index (χ4v) is 6.06. The van der Waals surface area contributed by atoms with Gasteiger partial charge in [-0.2, -0.15) is 0 Å². The van der Waals surface area contributed by atoms with Gasteiger partial charge in [-0.1, -0.05) is 77.8 Å². The van der Waals surface area contributed by atoms with Gasteiger partial charge in [0.25, 0.3) is 0 Å². The number of anilines is 1. The predicted octanol–water partition coefficient (Wildman–Crippen LogP) is 7.31. The summed E-state index contributed by atoms with van der Waals surface area (Å²) < 4.78 is 0. The molecule has 0 bridgehead atoms. The van der Waals surface area contributed by atoms with Crippen LogP contribution >= 0.6 is 35.0 Å². The molecule has 1 aliphatic rings. The number of para-hydroxylation sites is 1. The molecular formula is C24H18Cl2N2OS. The van der Waals surface area contributed by atoms with E-state index < -0.39 is 0 Å². The molecule has 2 atom stereocenters. The predicted molar refractivity (Wildman–Crippen MR) is 127 cm³/mol. The molecule has 0 spiro atoms. The molecule has 2 heterocycles. The Hall–Kier alpha value is -2.40. The molecule has 30 heavy (non-hydrogen) atoms. The highest BCUT2D eigenvalue weighted by atomic mass is 35.5. The number of aromatic nitrogens is 1. The number of rotatable bonds is 3. The maximum atomic E-state index is 13.4. The SMILES string of the molecule is CC1SC(c2c(Cl)cccc2Cl)N(c2c(-c3ccccc3)[nH]c3ccccc23)C1=O. The van der Waals surface area contributed by atoms with E-state index in [9.17, 15) is 4.79 Å². The van der Waals surface area contributed by atoms with E-state index in [0.717, 1.165) is 33.4 Å². The Morgan fingerprint density at radius 2 is 1.57 bits per heavy atom. The van der Waals surface area contributed by atoms with E-state index in [1.165, 1.54) is 0 Å². The Kier molecular flexibility index (Phi) is 5.02. The van der Waals surface area contributed by atoms with Crippen LogP contribution in [0, 0.1) is 0 Å². The van der Waals surface area contributed by atoms with Gasteiger partial charge in [0.15, 0.2) is 0 Å². The molecule has 1 fully saturated rings. The maximum absolute atomic E-state index is 13.4. The van der Waals surface area contributed by atoms with Gasteiger partial charge in [0.1, 0.15) is 5.37 Å². The summed E-state index contributed by atoms with van der Waals surface area (Å²) in [6, 6.07) is 23.6. The van der Waals surface area contributed by atoms with Crippen LogP contribution in [-0.2, 0) is 4.79 Å². The molecule has 2 unspecified atom stereocenters. The lowest BCUT2D eigenvalue weighted by Gasteiger charge is -2.26. The highest BCUT2D eigenvalue weighted by Crippen LogP contribution is 2.52. The summed E-state index contributed by atoms with van der Waals surface area (Å²) in [5.74, 6) is 0.0444. The van der Waals surface area contributed by atoms with E-state index in [2.05, 4.69) is 4.98 Å². The van der Waals surface area contributed by atoms with E-state index >= 15 is 0 Å². The normalized spacial score (nSPS) is 19.0. The number of hydrogen-bond donors (Lipinski definition) is 1. The van der Waals surface area contributed by atoms with Crippen molar-refractivity contribution >= 4 is 57.5 Å². The Labute approximate surface area is 189 Å². The molecule has 5 rings (SSSR count). The zero-order chi connectivity index (χ0) is 20.8. The van der Waals surface area contributed by atoms with Gasteiger partial charge in [-0.25, -0.2) is 0 Å². The fraction of sp³-hybridized carbons (Fsp3) is 0.125. The van der Waals surface area contributed by atoms with Crippen LogP contribution in [0.2, 0.25) is 10.0 Å². The number of carbonyl (C=O) groups excluding carboxylic acids is 1. The van der Waals surface area contributed by atoms with Crippen LogP contribution in [0.5, 0.6) is 0 Å². The summed E-state index contributed by atoms with van der Waals surface area (Å²) in [5, 5.41) is 1.60. The van der Waals surface area contributed by atoms with Crippen molar-refractivity contribution in [3.63, 3.8) is 0 Å². The van der Waals surface area contributed by atoms with Crippen molar-refractivity contribution in [1.29, 1.82) is 0 Å². The van der Waals surface area contributed by atoms with Gasteiger partial charge in [-0.15, -0.1) is 11.8 Å². The number of amides is 1. The molecule has 0 radical (unpaired) electrons. The first-order valence-electron chi connectivity index (χ1n) is 9.65. The quantitative estimate of drug-likeness (QED) is 0.353. The molecule has 150 valence electrons. The molecule has 4 aromatic rings. The average Bonchev–Trinajstić information content (AvgIpc) is 3.26. The molecule has 6 heteroatoms. The van der Waals surface area contributed by atoms with Crippen molar-refractivity contribution in [2.24, 2.45) is 0 Å². The van der Waals surface area contributed by atoms with Crippen molar-refractivity contribution in [3.8, 4) is 11.3 Å². The topological polar surface area (TPSA) is 36.1 Å². The number of aromatic amines is 1. The maximum Gasteiger partial charge on any atom is 0.241 e. The van der Waals surface area contributed by atoms with Crippen LogP contribution in [0.25, 0.3) is 22.2 Å².